The van der Waals surface area contributed by atoms with Gasteiger partial charge < -0.3 is 5.11 Å². The average molecular weight is 225 g/mol. The fraction of sp³-hybridized carbons (Fsp3) is 0.385. The van der Waals surface area contributed by atoms with Crippen LogP contribution in [0.1, 0.15) is 26.3 Å². The van der Waals surface area contributed by atoms with E-state index in [9.17, 15) is 5.11 Å². The summed E-state index contributed by atoms with van der Waals surface area (Å²) in [7, 11) is 0. The van der Waals surface area contributed by atoms with Crippen LogP contribution in [0.3, 0.4) is 0 Å². The van der Waals surface area contributed by atoms with Crippen molar-refractivity contribution in [3.63, 3.8) is 0 Å². The Morgan fingerprint density at radius 2 is 1.87 bits per heavy atom. The van der Waals surface area contributed by atoms with Gasteiger partial charge in [-0.1, -0.05) is 35.4 Å². The molecule has 0 spiro atoms. The zero-order chi connectivity index (χ0) is 11.5. The lowest BCUT2D eigenvalue weighted by molar-refractivity contribution is 0.111. The smallest absolute Gasteiger partial charge is 0.0842 e. The summed E-state index contributed by atoms with van der Waals surface area (Å²) in [6, 6.07) is 7.57. The summed E-state index contributed by atoms with van der Waals surface area (Å²) >= 11 is 5.79. The molecule has 1 aromatic carbocycles. The summed E-state index contributed by atoms with van der Waals surface area (Å²) in [5, 5.41) is 10.8. The van der Waals surface area contributed by atoms with Crippen molar-refractivity contribution in [2.24, 2.45) is 0 Å². The van der Waals surface area contributed by atoms with Crippen LogP contribution in [-0.4, -0.2) is 10.7 Å². The molecule has 0 saturated heterocycles. The summed E-state index contributed by atoms with van der Waals surface area (Å²) < 4.78 is 0. The highest BCUT2D eigenvalue weighted by atomic mass is 35.5. The molecule has 0 aliphatic carbocycles. The van der Waals surface area contributed by atoms with Gasteiger partial charge in [-0.3, -0.25) is 0 Å². The highest BCUT2D eigenvalue weighted by molar-refractivity contribution is 6.30. The molecule has 0 fully saturated rings. The largest absolute Gasteiger partial charge is 0.386 e. The first-order valence-electron chi connectivity index (χ1n) is 5.02. The van der Waals surface area contributed by atoms with Gasteiger partial charge in [0.1, 0.15) is 0 Å². The van der Waals surface area contributed by atoms with E-state index in [1.54, 1.807) is 0 Å². The zero-order valence-corrected chi connectivity index (χ0v) is 10.2. The predicted octanol–water partition coefficient (Wildman–Crippen LogP) is 3.60. The lowest BCUT2D eigenvalue weighted by atomic mass is 9.95. The van der Waals surface area contributed by atoms with E-state index in [-0.39, 0.29) is 0 Å². The van der Waals surface area contributed by atoms with Crippen molar-refractivity contribution in [1.82, 2.24) is 0 Å². The SMILES string of the molecule is CC(C)=CC(C)(O)Cc1ccc(Cl)cc1. The van der Waals surface area contributed by atoms with Crippen LogP contribution in [0, 0.1) is 0 Å². The van der Waals surface area contributed by atoms with E-state index < -0.39 is 5.60 Å². The first-order valence-corrected chi connectivity index (χ1v) is 5.40. The molecular formula is C13H17ClO. The van der Waals surface area contributed by atoms with Gasteiger partial charge in [0, 0.05) is 11.4 Å². The van der Waals surface area contributed by atoms with Crippen molar-refractivity contribution >= 4 is 11.6 Å². The summed E-state index contributed by atoms with van der Waals surface area (Å²) in [4.78, 5) is 0. The van der Waals surface area contributed by atoms with Crippen LogP contribution < -0.4 is 0 Å². The van der Waals surface area contributed by atoms with Crippen LogP contribution in [0.15, 0.2) is 35.9 Å². The molecule has 0 saturated carbocycles. The van der Waals surface area contributed by atoms with Gasteiger partial charge in [0.25, 0.3) is 0 Å². The molecule has 0 aliphatic heterocycles. The molecular weight excluding hydrogens is 208 g/mol. The first-order chi connectivity index (χ1) is 6.89. The fourth-order valence-electron chi connectivity index (χ4n) is 1.69. The number of aliphatic hydroxyl groups is 1. The molecule has 0 aromatic heterocycles. The summed E-state index contributed by atoms with van der Waals surface area (Å²) in [5.74, 6) is 0. The quantitative estimate of drug-likeness (QED) is 0.778. The summed E-state index contributed by atoms with van der Waals surface area (Å²) in [6.45, 7) is 5.78. The Labute approximate surface area is 96.4 Å². The molecule has 1 rings (SSSR count). The molecule has 0 bridgehead atoms. The van der Waals surface area contributed by atoms with E-state index in [1.165, 1.54) is 0 Å². The van der Waals surface area contributed by atoms with Crippen LogP contribution in [0.2, 0.25) is 5.02 Å². The van der Waals surface area contributed by atoms with Crippen molar-refractivity contribution in [2.75, 3.05) is 0 Å². The Morgan fingerprint density at radius 3 is 2.33 bits per heavy atom. The fourth-order valence-corrected chi connectivity index (χ4v) is 1.81. The van der Waals surface area contributed by atoms with Gasteiger partial charge in [0.05, 0.1) is 5.60 Å². The highest BCUT2D eigenvalue weighted by Gasteiger charge is 2.17. The molecule has 0 radical (unpaired) electrons. The topological polar surface area (TPSA) is 20.2 Å². The Morgan fingerprint density at radius 1 is 1.33 bits per heavy atom. The van der Waals surface area contributed by atoms with Gasteiger partial charge in [-0.25, -0.2) is 0 Å². The molecule has 1 N–H and O–H groups in total. The van der Waals surface area contributed by atoms with Crippen molar-refractivity contribution in [3.05, 3.63) is 46.5 Å². The van der Waals surface area contributed by atoms with E-state index in [0.29, 0.717) is 6.42 Å². The maximum absolute atomic E-state index is 10.1. The maximum atomic E-state index is 10.1. The van der Waals surface area contributed by atoms with Gasteiger partial charge in [-0.2, -0.15) is 0 Å². The minimum Gasteiger partial charge on any atom is -0.386 e. The monoisotopic (exact) mass is 224 g/mol. The van der Waals surface area contributed by atoms with Crippen LogP contribution in [0.5, 0.6) is 0 Å². The van der Waals surface area contributed by atoms with Crippen molar-refractivity contribution in [1.29, 1.82) is 0 Å². The zero-order valence-electron chi connectivity index (χ0n) is 9.42. The molecule has 1 aromatic rings. The van der Waals surface area contributed by atoms with E-state index >= 15 is 0 Å². The predicted molar refractivity (Wildman–Crippen MR) is 65.2 cm³/mol. The van der Waals surface area contributed by atoms with Gasteiger partial charge in [-0.05, 0) is 38.5 Å². The minimum absolute atomic E-state index is 0.606. The molecule has 15 heavy (non-hydrogen) atoms. The normalized spacial score (nSPS) is 14.5. The molecule has 1 atom stereocenters. The van der Waals surface area contributed by atoms with E-state index in [0.717, 1.165) is 16.2 Å². The third-order valence-corrected chi connectivity index (χ3v) is 2.33. The Kier molecular flexibility index (Phi) is 3.95. The molecule has 1 unspecified atom stereocenters. The number of halogens is 1. The minimum atomic E-state index is -0.785. The van der Waals surface area contributed by atoms with Gasteiger partial charge in [-0.15, -0.1) is 0 Å². The Hall–Kier alpha value is -0.790. The molecule has 0 amide bonds. The van der Waals surface area contributed by atoms with Crippen LogP contribution in [-0.2, 0) is 6.42 Å². The number of hydrogen-bond acceptors (Lipinski definition) is 1. The number of hydrogen-bond donors (Lipinski definition) is 1. The third-order valence-electron chi connectivity index (χ3n) is 2.07. The molecule has 0 heterocycles. The number of benzene rings is 1. The molecule has 0 aliphatic rings. The summed E-state index contributed by atoms with van der Waals surface area (Å²) in [5.41, 5.74) is 1.42. The lowest BCUT2D eigenvalue weighted by Crippen LogP contribution is -2.24. The van der Waals surface area contributed by atoms with Crippen LogP contribution in [0.4, 0.5) is 0 Å². The van der Waals surface area contributed by atoms with Crippen molar-refractivity contribution in [2.45, 2.75) is 32.8 Å². The molecule has 82 valence electrons. The second-order valence-electron chi connectivity index (χ2n) is 4.38. The standard InChI is InChI=1S/C13H17ClO/c1-10(2)8-13(3,15)9-11-4-6-12(14)7-5-11/h4-8,15H,9H2,1-3H3. The Bertz CT molecular complexity index is 345. The first kappa shape index (κ1) is 12.3. The highest BCUT2D eigenvalue weighted by Crippen LogP contribution is 2.18. The molecule has 2 heteroatoms. The van der Waals surface area contributed by atoms with Crippen LogP contribution >= 0.6 is 11.6 Å². The Balaban J connectivity index is 2.77. The third kappa shape index (κ3) is 4.50. The number of rotatable bonds is 3. The maximum Gasteiger partial charge on any atom is 0.0842 e. The van der Waals surface area contributed by atoms with E-state index in [2.05, 4.69) is 0 Å². The van der Waals surface area contributed by atoms with Gasteiger partial charge in [0.15, 0.2) is 0 Å². The van der Waals surface area contributed by atoms with Crippen molar-refractivity contribution < 1.29 is 5.11 Å². The summed E-state index contributed by atoms with van der Waals surface area (Å²) in [6.07, 6.45) is 2.48. The number of allylic oxidation sites excluding steroid dienone is 1. The van der Waals surface area contributed by atoms with Crippen LogP contribution in [0.25, 0.3) is 0 Å². The van der Waals surface area contributed by atoms with Gasteiger partial charge >= 0.3 is 0 Å². The average Bonchev–Trinajstić information content (AvgIpc) is 2.06. The second-order valence-corrected chi connectivity index (χ2v) is 4.82. The second kappa shape index (κ2) is 4.82. The lowest BCUT2D eigenvalue weighted by Gasteiger charge is -2.19. The van der Waals surface area contributed by atoms with Gasteiger partial charge in [0.2, 0.25) is 0 Å². The van der Waals surface area contributed by atoms with E-state index in [4.69, 9.17) is 11.6 Å². The van der Waals surface area contributed by atoms with E-state index in [1.807, 2.05) is 51.1 Å². The molecule has 1 nitrogen and oxygen atoms in total. The van der Waals surface area contributed by atoms with Crippen molar-refractivity contribution in [3.8, 4) is 0 Å².